The largest absolute Gasteiger partial charge is 0.487 e. The third-order valence-corrected chi connectivity index (χ3v) is 5.74. The minimum absolute atomic E-state index is 0.117. The molecule has 0 radical (unpaired) electrons. The summed E-state index contributed by atoms with van der Waals surface area (Å²) in [7, 11) is 1.57. The molecule has 1 atom stereocenters. The third kappa shape index (κ3) is 5.17. The van der Waals surface area contributed by atoms with E-state index in [1.165, 1.54) is 4.68 Å². The summed E-state index contributed by atoms with van der Waals surface area (Å²) in [6.45, 7) is -0.117. The standard InChI is InChI=1S/C25H21ClF3N3O2/c1-30-24(33)18-8-6-16(7-9-18)17-10-12-20(13-11-17)34-15-19-14-23(25(27,28)29)31-32(19)22-5-3-2-4-21(22)26/h2-3,5-14,21H,4,15H2,1H3,(H,30,33). The molecular formula is C25H21ClF3N3O2. The van der Waals surface area contributed by atoms with E-state index in [0.29, 0.717) is 23.4 Å². The lowest BCUT2D eigenvalue weighted by Crippen LogP contribution is -2.17. The van der Waals surface area contributed by atoms with E-state index in [1.807, 2.05) is 30.3 Å². The van der Waals surface area contributed by atoms with Crippen LogP contribution in [0.15, 0.2) is 72.8 Å². The molecule has 1 heterocycles. The molecule has 1 aromatic heterocycles. The number of benzene rings is 2. The maximum atomic E-state index is 13.3. The van der Waals surface area contributed by atoms with Crippen LogP contribution in [-0.4, -0.2) is 28.1 Å². The Hall–Kier alpha value is -3.52. The predicted molar refractivity (Wildman–Crippen MR) is 125 cm³/mol. The highest BCUT2D eigenvalue weighted by atomic mass is 35.5. The average Bonchev–Trinajstić information content (AvgIpc) is 3.28. The minimum Gasteiger partial charge on any atom is -0.487 e. The van der Waals surface area contributed by atoms with Crippen molar-refractivity contribution in [1.82, 2.24) is 15.1 Å². The first kappa shape index (κ1) is 23.6. The molecule has 5 nitrogen and oxygen atoms in total. The number of nitrogens with one attached hydrogen (secondary N) is 1. The van der Waals surface area contributed by atoms with Crippen molar-refractivity contribution in [3.05, 3.63) is 89.8 Å². The molecule has 1 aliphatic carbocycles. The number of rotatable bonds is 6. The van der Waals surface area contributed by atoms with Gasteiger partial charge in [-0.05, 0) is 54.0 Å². The first-order chi connectivity index (χ1) is 16.3. The first-order valence-electron chi connectivity index (χ1n) is 10.5. The van der Waals surface area contributed by atoms with E-state index in [1.54, 1.807) is 43.5 Å². The quantitative estimate of drug-likeness (QED) is 0.439. The second-order valence-electron chi connectivity index (χ2n) is 7.62. The molecule has 4 rings (SSSR count). The number of nitrogens with zero attached hydrogens (tertiary/aromatic N) is 2. The Morgan fingerprint density at radius 3 is 2.38 bits per heavy atom. The molecule has 0 bridgehead atoms. The fourth-order valence-electron chi connectivity index (χ4n) is 3.54. The molecular weight excluding hydrogens is 467 g/mol. The number of ether oxygens (including phenoxy) is 1. The minimum atomic E-state index is -4.58. The summed E-state index contributed by atoms with van der Waals surface area (Å²) in [5.74, 6) is 0.329. The SMILES string of the molecule is CNC(=O)c1ccc(-c2ccc(OCc3cc(C(F)(F)F)nn3C3=CC=CCC3Cl)cc2)cc1. The van der Waals surface area contributed by atoms with Gasteiger partial charge in [-0.25, -0.2) is 4.68 Å². The van der Waals surface area contributed by atoms with Gasteiger partial charge < -0.3 is 10.1 Å². The van der Waals surface area contributed by atoms with Gasteiger partial charge in [-0.3, -0.25) is 4.79 Å². The molecule has 1 N–H and O–H groups in total. The zero-order valence-corrected chi connectivity index (χ0v) is 18.9. The summed E-state index contributed by atoms with van der Waals surface area (Å²) in [6.07, 6.45) is 1.16. The predicted octanol–water partition coefficient (Wildman–Crippen LogP) is 5.92. The highest BCUT2D eigenvalue weighted by Crippen LogP contribution is 2.32. The smallest absolute Gasteiger partial charge is 0.435 e. The van der Waals surface area contributed by atoms with Crippen LogP contribution in [0, 0.1) is 0 Å². The summed E-state index contributed by atoms with van der Waals surface area (Å²) in [5, 5.41) is 5.83. The number of alkyl halides is 4. The maximum Gasteiger partial charge on any atom is 0.435 e. The van der Waals surface area contributed by atoms with E-state index >= 15 is 0 Å². The molecule has 1 amide bonds. The normalized spacial score (nSPS) is 15.7. The Labute approximate surface area is 199 Å². The van der Waals surface area contributed by atoms with Crippen molar-refractivity contribution in [2.45, 2.75) is 24.6 Å². The fraction of sp³-hybridized carbons (Fsp3) is 0.200. The van der Waals surface area contributed by atoms with Gasteiger partial charge in [0.25, 0.3) is 5.91 Å². The highest BCUT2D eigenvalue weighted by Gasteiger charge is 2.36. The molecule has 0 spiro atoms. The lowest BCUT2D eigenvalue weighted by molar-refractivity contribution is -0.141. The maximum absolute atomic E-state index is 13.3. The Morgan fingerprint density at radius 1 is 1.15 bits per heavy atom. The van der Waals surface area contributed by atoms with Gasteiger partial charge in [-0.15, -0.1) is 11.6 Å². The van der Waals surface area contributed by atoms with Crippen LogP contribution in [0.5, 0.6) is 5.75 Å². The van der Waals surface area contributed by atoms with E-state index < -0.39 is 17.2 Å². The number of hydrogen-bond acceptors (Lipinski definition) is 3. The number of allylic oxidation sites excluding steroid dienone is 4. The third-order valence-electron chi connectivity index (χ3n) is 5.33. The molecule has 9 heteroatoms. The van der Waals surface area contributed by atoms with E-state index in [-0.39, 0.29) is 18.2 Å². The molecule has 3 aromatic rings. The second kappa shape index (κ2) is 9.77. The number of halogens is 4. The number of carbonyl (C=O) groups is 1. The summed E-state index contributed by atoms with van der Waals surface area (Å²) in [4.78, 5) is 11.7. The van der Waals surface area contributed by atoms with Gasteiger partial charge >= 0.3 is 6.18 Å². The second-order valence-corrected chi connectivity index (χ2v) is 8.15. The molecule has 176 valence electrons. The Bertz CT molecular complexity index is 1230. The topological polar surface area (TPSA) is 56.1 Å². The number of aromatic nitrogens is 2. The van der Waals surface area contributed by atoms with E-state index in [9.17, 15) is 18.0 Å². The summed E-state index contributed by atoms with van der Waals surface area (Å²) in [6, 6.07) is 15.3. The van der Waals surface area contributed by atoms with Crippen LogP contribution >= 0.6 is 11.6 Å². The summed E-state index contributed by atoms with van der Waals surface area (Å²) < 4.78 is 46.9. The molecule has 1 unspecified atom stereocenters. The van der Waals surface area contributed by atoms with Crippen LogP contribution in [0.2, 0.25) is 0 Å². The number of amides is 1. The van der Waals surface area contributed by atoms with Gasteiger partial charge in [0.2, 0.25) is 0 Å². The number of carbonyl (C=O) groups excluding carboxylic acids is 1. The van der Waals surface area contributed by atoms with E-state index in [4.69, 9.17) is 16.3 Å². The van der Waals surface area contributed by atoms with Crippen molar-refractivity contribution in [1.29, 1.82) is 0 Å². The van der Waals surface area contributed by atoms with Gasteiger partial charge in [0.05, 0.1) is 16.8 Å². The molecule has 0 saturated carbocycles. The van der Waals surface area contributed by atoms with Crippen LogP contribution in [0.1, 0.15) is 28.2 Å². The van der Waals surface area contributed by atoms with Crippen LogP contribution in [-0.2, 0) is 12.8 Å². The van der Waals surface area contributed by atoms with Crippen molar-refractivity contribution in [3.63, 3.8) is 0 Å². The molecule has 2 aromatic carbocycles. The molecule has 0 aliphatic heterocycles. The van der Waals surface area contributed by atoms with Crippen LogP contribution in [0.3, 0.4) is 0 Å². The highest BCUT2D eigenvalue weighted by molar-refractivity contribution is 6.25. The number of hydrogen-bond donors (Lipinski definition) is 1. The lowest BCUT2D eigenvalue weighted by Gasteiger charge is -2.18. The molecule has 0 fully saturated rings. The molecule has 1 aliphatic rings. The Kier molecular flexibility index (Phi) is 6.79. The Balaban J connectivity index is 1.51. The first-order valence-corrected chi connectivity index (χ1v) is 10.9. The van der Waals surface area contributed by atoms with Crippen molar-refractivity contribution in [2.24, 2.45) is 0 Å². The van der Waals surface area contributed by atoms with Crippen molar-refractivity contribution in [3.8, 4) is 16.9 Å². The zero-order valence-electron chi connectivity index (χ0n) is 18.1. The summed E-state index contributed by atoms with van der Waals surface area (Å²) >= 11 is 6.32. The summed E-state index contributed by atoms with van der Waals surface area (Å²) in [5.41, 5.74) is 2.09. The van der Waals surface area contributed by atoms with Gasteiger partial charge in [0.15, 0.2) is 5.69 Å². The van der Waals surface area contributed by atoms with Crippen molar-refractivity contribution < 1.29 is 22.7 Å². The lowest BCUT2D eigenvalue weighted by atomic mass is 10.0. The van der Waals surface area contributed by atoms with E-state index in [0.717, 1.165) is 17.2 Å². The fourth-order valence-corrected chi connectivity index (χ4v) is 3.81. The zero-order chi connectivity index (χ0) is 24.3. The van der Waals surface area contributed by atoms with Crippen LogP contribution in [0.25, 0.3) is 16.8 Å². The van der Waals surface area contributed by atoms with E-state index in [2.05, 4.69) is 10.4 Å². The molecule has 0 saturated heterocycles. The van der Waals surface area contributed by atoms with Gasteiger partial charge in [-0.2, -0.15) is 18.3 Å². The Morgan fingerprint density at radius 2 is 1.79 bits per heavy atom. The van der Waals surface area contributed by atoms with Crippen LogP contribution in [0.4, 0.5) is 13.2 Å². The monoisotopic (exact) mass is 487 g/mol. The van der Waals surface area contributed by atoms with Gasteiger partial charge in [0.1, 0.15) is 12.4 Å². The van der Waals surface area contributed by atoms with Crippen molar-refractivity contribution >= 4 is 23.2 Å². The van der Waals surface area contributed by atoms with Crippen molar-refractivity contribution in [2.75, 3.05) is 7.05 Å². The van der Waals surface area contributed by atoms with Crippen LogP contribution < -0.4 is 10.1 Å². The van der Waals surface area contributed by atoms with Gasteiger partial charge in [-0.1, -0.05) is 36.4 Å². The van der Waals surface area contributed by atoms with Gasteiger partial charge in [0, 0.05) is 12.6 Å². The molecule has 34 heavy (non-hydrogen) atoms. The average molecular weight is 488 g/mol.